The lowest BCUT2D eigenvalue weighted by atomic mass is 9.91. The fourth-order valence-electron chi connectivity index (χ4n) is 2.67. The zero-order valence-electron chi connectivity index (χ0n) is 11.8. The van der Waals surface area contributed by atoms with Crippen LogP contribution in [0, 0.1) is 5.92 Å². The number of nitrogens with zero attached hydrogens (tertiary/aromatic N) is 1. The van der Waals surface area contributed by atoms with Crippen molar-refractivity contribution in [3.8, 4) is 0 Å². The first-order valence-corrected chi connectivity index (χ1v) is 6.83. The quantitative estimate of drug-likeness (QED) is 0.870. The predicted molar refractivity (Wildman–Crippen MR) is 75.8 cm³/mol. The average molecular weight is 290 g/mol. The minimum atomic E-state index is -0.815. The second kappa shape index (κ2) is 5.95. The number of likely N-dealkylation sites (tertiary alicyclic amines) is 1. The van der Waals surface area contributed by atoms with Gasteiger partial charge in [0.15, 0.2) is 0 Å². The molecule has 0 spiro atoms. The number of primary amides is 1. The molecule has 0 saturated carbocycles. The number of amides is 2. The van der Waals surface area contributed by atoms with Gasteiger partial charge in [0.2, 0.25) is 5.91 Å². The van der Waals surface area contributed by atoms with Crippen molar-refractivity contribution in [2.75, 3.05) is 6.54 Å². The molecule has 6 heteroatoms. The standard InChI is InChI=1S/C15H18N2O4/c1-9-7-12(15(20)21)5-6-17(9)14(19)11-4-2-3-10(8-11)13(16)18/h2-4,8-9,12H,5-7H2,1H3,(H2,16,18)(H,20,21). The Bertz CT molecular complexity index is 585. The van der Waals surface area contributed by atoms with Crippen molar-refractivity contribution in [3.63, 3.8) is 0 Å². The van der Waals surface area contributed by atoms with E-state index in [1.165, 1.54) is 6.07 Å². The van der Waals surface area contributed by atoms with E-state index in [4.69, 9.17) is 10.8 Å². The zero-order chi connectivity index (χ0) is 15.6. The summed E-state index contributed by atoms with van der Waals surface area (Å²) in [6.45, 7) is 2.24. The van der Waals surface area contributed by atoms with Crippen LogP contribution < -0.4 is 5.73 Å². The molecule has 1 heterocycles. The number of carbonyl (C=O) groups is 3. The molecule has 1 saturated heterocycles. The molecule has 2 unspecified atom stereocenters. The minimum absolute atomic E-state index is 0.149. The maximum atomic E-state index is 12.5. The van der Waals surface area contributed by atoms with Crippen molar-refractivity contribution in [1.82, 2.24) is 4.90 Å². The highest BCUT2D eigenvalue weighted by Gasteiger charge is 2.32. The van der Waals surface area contributed by atoms with Gasteiger partial charge in [0, 0.05) is 23.7 Å². The van der Waals surface area contributed by atoms with Crippen LogP contribution in [0.15, 0.2) is 24.3 Å². The molecule has 0 bridgehead atoms. The van der Waals surface area contributed by atoms with Crippen LogP contribution in [0.3, 0.4) is 0 Å². The predicted octanol–water partition coefficient (Wildman–Crippen LogP) is 1.11. The molecule has 1 aromatic rings. The number of benzene rings is 1. The van der Waals surface area contributed by atoms with Crippen LogP contribution in [0.5, 0.6) is 0 Å². The number of carboxylic acid groups (broad SMARTS) is 1. The summed E-state index contributed by atoms with van der Waals surface area (Å²) in [6, 6.07) is 6.12. The maximum Gasteiger partial charge on any atom is 0.306 e. The minimum Gasteiger partial charge on any atom is -0.481 e. The molecular weight excluding hydrogens is 272 g/mol. The molecule has 2 rings (SSSR count). The van der Waals surface area contributed by atoms with Gasteiger partial charge in [-0.2, -0.15) is 0 Å². The molecule has 112 valence electrons. The Morgan fingerprint density at radius 1 is 1.29 bits per heavy atom. The Morgan fingerprint density at radius 2 is 1.95 bits per heavy atom. The third kappa shape index (κ3) is 3.21. The Balaban J connectivity index is 2.15. The number of hydrogen-bond acceptors (Lipinski definition) is 3. The first-order valence-electron chi connectivity index (χ1n) is 6.83. The van der Waals surface area contributed by atoms with Crippen molar-refractivity contribution < 1.29 is 19.5 Å². The van der Waals surface area contributed by atoms with Crippen molar-refractivity contribution >= 4 is 17.8 Å². The smallest absolute Gasteiger partial charge is 0.306 e. The highest BCUT2D eigenvalue weighted by molar-refractivity contribution is 5.99. The van der Waals surface area contributed by atoms with E-state index in [9.17, 15) is 14.4 Å². The lowest BCUT2D eigenvalue weighted by molar-refractivity contribution is -0.143. The molecule has 21 heavy (non-hydrogen) atoms. The monoisotopic (exact) mass is 290 g/mol. The van der Waals surface area contributed by atoms with Crippen molar-refractivity contribution in [2.24, 2.45) is 11.7 Å². The van der Waals surface area contributed by atoms with E-state index in [1.54, 1.807) is 23.1 Å². The van der Waals surface area contributed by atoms with E-state index in [0.29, 0.717) is 24.9 Å². The Morgan fingerprint density at radius 3 is 2.52 bits per heavy atom. The lowest BCUT2D eigenvalue weighted by Gasteiger charge is -2.36. The molecule has 2 amide bonds. The highest BCUT2D eigenvalue weighted by atomic mass is 16.4. The van der Waals surface area contributed by atoms with Gasteiger partial charge >= 0.3 is 5.97 Å². The number of hydrogen-bond donors (Lipinski definition) is 2. The molecule has 1 aromatic carbocycles. The van der Waals surface area contributed by atoms with Gasteiger partial charge in [-0.1, -0.05) is 6.07 Å². The van der Waals surface area contributed by atoms with E-state index in [-0.39, 0.29) is 17.5 Å². The van der Waals surface area contributed by atoms with E-state index in [2.05, 4.69) is 0 Å². The van der Waals surface area contributed by atoms with Crippen LogP contribution in [0.25, 0.3) is 0 Å². The van der Waals surface area contributed by atoms with Crippen LogP contribution in [-0.4, -0.2) is 40.4 Å². The zero-order valence-corrected chi connectivity index (χ0v) is 11.8. The maximum absolute atomic E-state index is 12.5. The second-order valence-corrected chi connectivity index (χ2v) is 5.35. The number of nitrogens with two attached hydrogens (primary N) is 1. The number of carboxylic acids is 1. The molecule has 2 atom stereocenters. The molecule has 6 nitrogen and oxygen atoms in total. The van der Waals surface area contributed by atoms with Gasteiger partial charge in [-0.05, 0) is 38.0 Å². The molecule has 0 radical (unpaired) electrons. The summed E-state index contributed by atoms with van der Waals surface area (Å²) in [5.41, 5.74) is 5.89. The highest BCUT2D eigenvalue weighted by Crippen LogP contribution is 2.24. The van der Waals surface area contributed by atoms with Gasteiger partial charge in [0.05, 0.1) is 5.92 Å². The molecule has 0 aliphatic carbocycles. The normalized spacial score (nSPS) is 21.9. The van der Waals surface area contributed by atoms with Gasteiger partial charge in [-0.15, -0.1) is 0 Å². The average Bonchev–Trinajstić information content (AvgIpc) is 2.46. The molecule has 0 aromatic heterocycles. The fraction of sp³-hybridized carbons (Fsp3) is 0.400. The van der Waals surface area contributed by atoms with Crippen molar-refractivity contribution in [2.45, 2.75) is 25.8 Å². The molecule has 1 fully saturated rings. The van der Waals surface area contributed by atoms with Gasteiger partial charge in [-0.3, -0.25) is 14.4 Å². The molecule has 1 aliphatic heterocycles. The van der Waals surface area contributed by atoms with Crippen LogP contribution >= 0.6 is 0 Å². The number of piperidine rings is 1. The third-order valence-corrected chi connectivity index (χ3v) is 3.88. The summed E-state index contributed by atoms with van der Waals surface area (Å²) in [5, 5.41) is 9.04. The summed E-state index contributed by atoms with van der Waals surface area (Å²) < 4.78 is 0. The Labute approximate surface area is 122 Å². The van der Waals surface area contributed by atoms with E-state index >= 15 is 0 Å². The van der Waals surface area contributed by atoms with Gasteiger partial charge < -0.3 is 15.7 Å². The number of carbonyl (C=O) groups excluding carboxylic acids is 2. The van der Waals surface area contributed by atoms with E-state index in [0.717, 1.165) is 0 Å². The SMILES string of the molecule is CC1CC(C(=O)O)CCN1C(=O)c1cccc(C(N)=O)c1. The van der Waals surface area contributed by atoms with Crippen molar-refractivity contribution in [1.29, 1.82) is 0 Å². The summed E-state index contributed by atoms with van der Waals surface area (Å²) in [5.74, 6) is -2.00. The Hall–Kier alpha value is -2.37. The molecule has 1 aliphatic rings. The third-order valence-electron chi connectivity index (χ3n) is 3.88. The van der Waals surface area contributed by atoms with Crippen molar-refractivity contribution in [3.05, 3.63) is 35.4 Å². The second-order valence-electron chi connectivity index (χ2n) is 5.35. The van der Waals surface area contributed by atoms with Crippen LogP contribution in [-0.2, 0) is 4.79 Å². The number of rotatable bonds is 3. The fourth-order valence-corrected chi connectivity index (χ4v) is 2.67. The largest absolute Gasteiger partial charge is 0.481 e. The van der Waals surface area contributed by atoms with Crippen LogP contribution in [0.2, 0.25) is 0 Å². The Kier molecular flexibility index (Phi) is 4.26. The van der Waals surface area contributed by atoms with Crippen LogP contribution in [0.1, 0.15) is 40.5 Å². The van der Waals surface area contributed by atoms with Crippen LogP contribution in [0.4, 0.5) is 0 Å². The van der Waals surface area contributed by atoms with Gasteiger partial charge in [0.25, 0.3) is 5.91 Å². The topological polar surface area (TPSA) is 101 Å². The summed E-state index contributed by atoms with van der Waals surface area (Å²) in [4.78, 5) is 36.3. The van der Waals surface area contributed by atoms with E-state index in [1.807, 2.05) is 6.92 Å². The summed E-state index contributed by atoms with van der Waals surface area (Å²) in [7, 11) is 0. The van der Waals surface area contributed by atoms with E-state index < -0.39 is 17.8 Å². The lowest BCUT2D eigenvalue weighted by Crippen LogP contribution is -2.46. The van der Waals surface area contributed by atoms with Gasteiger partial charge in [-0.25, -0.2) is 0 Å². The first-order chi connectivity index (χ1) is 9.90. The first kappa shape index (κ1) is 15.0. The summed E-state index contributed by atoms with van der Waals surface area (Å²) >= 11 is 0. The molecular formula is C15H18N2O4. The number of aliphatic carboxylic acids is 1. The molecule has 3 N–H and O–H groups in total. The van der Waals surface area contributed by atoms with Gasteiger partial charge in [0.1, 0.15) is 0 Å². The summed E-state index contributed by atoms with van der Waals surface area (Å²) in [6.07, 6.45) is 0.886.